The van der Waals surface area contributed by atoms with E-state index in [4.69, 9.17) is 0 Å². The SMILES string of the molecule is CC[C@@H](NC(=O)c1cccc(S(=O)(=O)N2CCN(C)CC2)c1)c1ccc2c(c1)CCCC2. The molecule has 1 saturated heterocycles. The first-order chi connectivity index (χ1) is 15.4. The van der Waals surface area contributed by atoms with Gasteiger partial charge in [0.15, 0.2) is 0 Å². The zero-order chi connectivity index (χ0) is 22.7. The molecule has 0 aromatic heterocycles. The number of rotatable bonds is 6. The van der Waals surface area contributed by atoms with Gasteiger partial charge in [-0.25, -0.2) is 8.42 Å². The van der Waals surface area contributed by atoms with Crippen LogP contribution in [0.5, 0.6) is 0 Å². The third-order valence-electron chi connectivity index (χ3n) is 6.68. The van der Waals surface area contributed by atoms with Crippen molar-refractivity contribution in [3.63, 3.8) is 0 Å². The van der Waals surface area contributed by atoms with E-state index in [0.29, 0.717) is 31.7 Å². The molecule has 1 amide bonds. The second kappa shape index (κ2) is 9.73. The number of hydrogen-bond acceptors (Lipinski definition) is 4. The summed E-state index contributed by atoms with van der Waals surface area (Å²) in [4.78, 5) is 15.3. The van der Waals surface area contributed by atoms with Gasteiger partial charge in [-0.1, -0.05) is 31.2 Å². The Morgan fingerprint density at radius 1 is 1.00 bits per heavy atom. The normalized spacial score (nSPS) is 18.7. The number of carbonyl (C=O) groups is 1. The van der Waals surface area contributed by atoms with Gasteiger partial charge in [-0.05, 0) is 74.0 Å². The molecule has 2 aromatic rings. The first kappa shape index (κ1) is 23.0. The molecule has 1 fully saturated rings. The summed E-state index contributed by atoms with van der Waals surface area (Å²) in [6.07, 6.45) is 5.46. The van der Waals surface area contributed by atoms with E-state index in [2.05, 4.69) is 35.3 Å². The van der Waals surface area contributed by atoms with E-state index in [9.17, 15) is 13.2 Å². The predicted octanol–water partition coefficient (Wildman–Crippen LogP) is 3.38. The Labute approximate surface area is 191 Å². The fraction of sp³-hybridized carbons (Fsp3) is 0.480. The summed E-state index contributed by atoms with van der Waals surface area (Å²) in [6, 6.07) is 12.8. The van der Waals surface area contributed by atoms with E-state index in [1.807, 2.05) is 7.05 Å². The van der Waals surface area contributed by atoms with Crippen LogP contribution in [0.25, 0.3) is 0 Å². The number of aryl methyl sites for hydroxylation is 2. The largest absolute Gasteiger partial charge is 0.345 e. The molecule has 2 aromatic carbocycles. The van der Waals surface area contributed by atoms with Crippen molar-refractivity contribution >= 4 is 15.9 Å². The topological polar surface area (TPSA) is 69.7 Å². The maximum Gasteiger partial charge on any atom is 0.251 e. The van der Waals surface area contributed by atoms with Gasteiger partial charge in [-0.2, -0.15) is 4.31 Å². The number of piperazine rings is 1. The van der Waals surface area contributed by atoms with Crippen LogP contribution in [0, 0.1) is 0 Å². The van der Waals surface area contributed by atoms with Crippen LogP contribution in [0.2, 0.25) is 0 Å². The third-order valence-corrected chi connectivity index (χ3v) is 8.58. The average Bonchev–Trinajstić information content (AvgIpc) is 2.82. The summed E-state index contributed by atoms with van der Waals surface area (Å²) in [6.45, 7) is 4.40. The van der Waals surface area contributed by atoms with Crippen molar-refractivity contribution in [1.29, 1.82) is 0 Å². The van der Waals surface area contributed by atoms with Crippen LogP contribution in [0.1, 0.15) is 59.3 Å². The highest BCUT2D eigenvalue weighted by Crippen LogP contribution is 2.26. The molecule has 2 aliphatic rings. The predicted molar refractivity (Wildman–Crippen MR) is 126 cm³/mol. The number of amides is 1. The molecule has 0 unspecified atom stereocenters. The number of fused-ring (bicyclic) bond motifs is 1. The van der Waals surface area contributed by atoms with Crippen molar-refractivity contribution < 1.29 is 13.2 Å². The Kier molecular flexibility index (Phi) is 6.98. The molecule has 1 heterocycles. The number of hydrogen-bond donors (Lipinski definition) is 1. The van der Waals surface area contributed by atoms with Crippen molar-refractivity contribution in [2.75, 3.05) is 33.2 Å². The number of benzene rings is 2. The maximum absolute atomic E-state index is 13.1. The van der Waals surface area contributed by atoms with E-state index < -0.39 is 10.0 Å². The van der Waals surface area contributed by atoms with E-state index in [1.54, 1.807) is 18.2 Å². The minimum atomic E-state index is -3.61. The summed E-state index contributed by atoms with van der Waals surface area (Å²) >= 11 is 0. The summed E-state index contributed by atoms with van der Waals surface area (Å²) in [5, 5.41) is 3.12. The highest BCUT2D eigenvalue weighted by atomic mass is 32.2. The van der Waals surface area contributed by atoms with E-state index in [-0.39, 0.29) is 16.8 Å². The summed E-state index contributed by atoms with van der Waals surface area (Å²) in [7, 11) is -1.62. The standard InChI is InChI=1S/C25H33N3O3S/c1-3-24(21-12-11-19-7-4-5-8-20(19)17-21)26-25(29)22-9-6-10-23(18-22)32(30,31)28-15-13-27(2)14-16-28/h6,9-12,17-18,24H,3-5,7-8,13-16H2,1-2H3,(H,26,29)/t24-/m1/s1. The van der Waals surface area contributed by atoms with Crippen LogP contribution in [-0.2, 0) is 22.9 Å². The second-order valence-electron chi connectivity index (χ2n) is 8.90. The first-order valence-corrected chi connectivity index (χ1v) is 13.0. The Bertz CT molecular complexity index is 1080. The molecule has 0 spiro atoms. The van der Waals surface area contributed by atoms with Crippen LogP contribution in [0.15, 0.2) is 47.4 Å². The lowest BCUT2D eigenvalue weighted by Gasteiger charge is -2.31. The van der Waals surface area contributed by atoms with Crippen molar-refractivity contribution in [3.05, 3.63) is 64.7 Å². The van der Waals surface area contributed by atoms with E-state index in [0.717, 1.165) is 24.8 Å². The quantitative estimate of drug-likeness (QED) is 0.725. The fourth-order valence-electron chi connectivity index (χ4n) is 4.61. The van der Waals surface area contributed by atoms with Gasteiger partial charge in [0.2, 0.25) is 10.0 Å². The number of nitrogens with one attached hydrogen (secondary N) is 1. The summed E-state index contributed by atoms with van der Waals surface area (Å²) < 4.78 is 27.7. The van der Waals surface area contributed by atoms with E-state index in [1.165, 1.54) is 34.3 Å². The van der Waals surface area contributed by atoms with Gasteiger partial charge in [0.25, 0.3) is 5.91 Å². The maximum atomic E-state index is 13.1. The Hall–Kier alpha value is -2.22. The zero-order valence-electron chi connectivity index (χ0n) is 19.0. The number of nitrogens with zero attached hydrogens (tertiary/aromatic N) is 2. The lowest BCUT2D eigenvalue weighted by atomic mass is 9.88. The van der Waals surface area contributed by atoms with Crippen LogP contribution in [-0.4, -0.2) is 56.8 Å². The van der Waals surface area contributed by atoms with Gasteiger partial charge >= 0.3 is 0 Å². The Morgan fingerprint density at radius 3 is 2.44 bits per heavy atom. The highest BCUT2D eigenvalue weighted by Gasteiger charge is 2.28. The Balaban J connectivity index is 1.51. The monoisotopic (exact) mass is 455 g/mol. The molecule has 6 nitrogen and oxygen atoms in total. The van der Waals surface area contributed by atoms with Crippen LogP contribution in [0.4, 0.5) is 0 Å². The zero-order valence-corrected chi connectivity index (χ0v) is 19.8. The van der Waals surface area contributed by atoms with Crippen molar-refractivity contribution in [1.82, 2.24) is 14.5 Å². The molecular weight excluding hydrogens is 422 g/mol. The molecule has 172 valence electrons. The molecule has 4 rings (SSSR count). The minimum Gasteiger partial charge on any atom is -0.345 e. The van der Waals surface area contributed by atoms with Gasteiger partial charge in [-0.3, -0.25) is 4.79 Å². The molecule has 1 atom stereocenters. The third kappa shape index (κ3) is 4.90. The van der Waals surface area contributed by atoms with Gasteiger partial charge in [-0.15, -0.1) is 0 Å². The smallest absolute Gasteiger partial charge is 0.251 e. The van der Waals surface area contributed by atoms with Crippen LogP contribution < -0.4 is 5.32 Å². The molecular formula is C25H33N3O3S. The molecule has 1 aliphatic heterocycles. The lowest BCUT2D eigenvalue weighted by molar-refractivity contribution is 0.0935. The summed E-state index contributed by atoms with van der Waals surface area (Å²) in [5.41, 5.74) is 4.30. The number of likely N-dealkylation sites (N-methyl/N-ethyl adjacent to an activating group) is 1. The molecule has 1 aliphatic carbocycles. The second-order valence-corrected chi connectivity index (χ2v) is 10.8. The molecule has 0 bridgehead atoms. The van der Waals surface area contributed by atoms with Crippen LogP contribution in [0.3, 0.4) is 0 Å². The lowest BCUT2D eigenvalue weighted by Crippen LogP contribution is -2.47. The summed E-state index contributed by atoms with van der Waals surface area (Å²) in [5.74, 6) is -0.245. The number of carbonyl (C=O) groups excluding carboxylic acids is 1. The van der Waals surface area contributed by atoms with Gasteiger partial charge in [0.1, 0.15) is 0 Å². The van der Waals surface area contributed by atoms with Gasteiger partial charge in [0, 0.05) is 31.7 Å². The number of sulfonamides is 1. The Morgan fingerprint density at radius 2 is 1.72 bits per heavy atom. The van der Waals surface area contributed by atoms with Crippen molar-refractivity contribution in [2.24, 2.45) is 0 Å². The van der Waals surface area contributed by atoms with Crippen LogP contribution >= 0.6 is 0 Å². The van der Waals surface area contributed by atoms with Crippen molar-refractivity contribution in [3.8, 4) is 0 Å². The molecule has 1 N–H and O–H groups in total. The van der Waals surface area contributed by atoms with Gasteiger partial charge < -0.3 is 10.2 Å². The molecule has 7 heteroatoms. The molecule has 0 saturated carbocycles. The molecule has 0 radical (unpaired) electrons. The fourth-order valence-corrected chi connectivity index (χ4v) is 6.08. The highest BCUT2D eigenvalue weighted by molar-refractivity contribution is 7.89. The van der Waals surface area contributed by atoms with Crippen molar-refractivity contribution in [2.45, 2.75) is 50.0 Å². The van der Waals surface area contributed by atoms with Gasteiger partial charge in [0.05, 0.1) is 10.9 Å². The first-order valence-electron chi connectivity index (χ1n) is 11.6. The van der Waals surface area contributed by atoms with E-state index >= 15 is 0 Å². The molecule has 32 heavy (non-hydrogen) atoms. The minimum absolute atomic E-state index is 0.104. The average molecular weight is 456 g/mol.